The molecule has 0 saturated carbocycles. The Morgan fingerprint density at radius 1 is 1.08 bits per heavy atom. The molecule has 0 aromatic heterocycles. The highest BCUT2D eigenvalue weighted by Gasteiger charge is 2.43. The average molecular weight is 386 g/mol. The second-order valence-corrected chi connectivity index (χ2v) is 10.1. The molecular weight excluding hydrogens is 354 g/mol. The third-order valence-electron chi connectivity index (χ3n) is 5.87. The normalized spacial score (nSPS) is 31.9. The molecule has 0 bridgehead atoms. The van der Waals surface area contributed by atoms with Crippen molar-refractivity contribution in [2.75, 3.05) is 37.7 Å². The lowest BCUT2D eigenvalue weighted by molar-refractivity contribution is -0.136. The predicted molar refractivity (Wildman–Crippen MR) is 99.4 cm³/mol. The summed E-state index contributed by atoms with van der Waals surface area (Å²) in [5.41, 5.74) is 0. The minimum Gasteiger partial charge on any atom is -0.350 e. The van der Waals surface area contributed by atoms with Crippen molar-refractivity contribution in [2.24, 2.45) is 5.92 Å². The molecule has 0 radical (unpaired) electrons. The molecule has 3 heterocycles. The smallest absolute Gasteiger partial charge is 0.225 e. The Labute approximate surface area is 156 Å². The highest BCUT2D eigenvalue weighted by Crippen LogP contribution is 2.24. The van der Waals surface area contributed by atoms with Crippen LogP contribution in [0.25, 0.3) is 0 Å². The molecule has 0 spiro atoms. The first kappa shape index (κ1) is 19.6. The number of hydrogen-bond acceptors (Lipinski definition) is 5. The number of sulfone groups is 1. The van der Waals surface area contributed by atoms with Crippen LogP contribution in [-0.4, -0.2) is 79.8 Å². The second-order valence-electron chi connectivity index (χ2n) is 7.93. The van der Waals surface area contributed by atoms with Gasteiger partial charge in [0.05, 0.1) is 23.5 Å². The minimum atomic E-state index is -3.11. The van der Waals surface area contributed by atoms with E-state index >= 15 is 0 Å². The van der Waals surface area contributed by atoms with Gasteiger partial charge in [0.15, 0.2) is 9.84 Å². The van der Waals surface area contributed by atoms with Crippen molar-refractivity contribution in [1.29, 1.82) is 0 Å². The van der Waals surface area contributed by atoms with E-state index in [0.29, 0.717) is 13.0 Å². The maximum Gasteiger partial charge on any atom is 0.225 e. The fraction of sp³-hybridized carbons (Fsp3) is 0.889. The van der Waals surface area contributed by atoms with Gasteiger partial charge in [0.1, 0.15) is 0 Å². The number of rotatable bonds is 5. The highest BCUT2D eigenvalue weighted by molar-refractivity contribution is 7.91. The lowest BCUT2D eigenvalue weighted by Gasteiger charge is -2.34. The van der Waals surface area contributed by atoms with Crippen LogP contribution < -0.4 is 5.32 Å². The molecule has 1 N–H and O–H groups in total. The van der Waals surface area contributed by atoms with E-state index in [0.717, 1.165) is 51.7 Å². The Kier molecular flexibility index (Phi) is 6.22. The summed E-state index contributed by atoms with van der Waals surface area (Å²) in [6.07, 6.45) is 5.10. The SMILES string of the molecule is CCCC(=O)N1CCCC(C(=O)NC2CS(=O)(=O)CC2N2CCCC2)C1. The Bertz CT molecular complexity index is 630. The minimum absolute atomic E-state index is 0.0328. The molecule has 0 aliphatic carbocycles. The van der Waals surface area contributed by atoms with E-state index in [-0.39, 0.29) is 41.3 Å². The molecule has 3 rings (SSSR count). The molecule has 2 amide bonds. The summed E-state index contributed by atoms with van der Waals surface area (Å²) in [7, 11) is -3.11. The number of carbonyl (C=O) groups is 2. The first-order valence-corrected chi connectivity index (χ1v) is 11.7. The summed E-state index contributed by atoms with van der Waals surface area (Å²) in [4.78, 5) is 28.9. The molecule has 3 aliphatic heterocycles. The maximum absolute atomic E-state index is 12.8. The number of hydrogen-bond donors (Lipinski definition) is 1. The molecule has 3 atom stereocenters. The van der Waals surface area contributed by atoms with Crippen molar-refractivity contribution in [3.63, 3.8) is 0 Å². The van der Waals surface area contributed by atoms with Crippen molar-refractivity contribution in [2.45, 2.75) is 57.5 Å². The van der Waals surface area contributed by atoms with E-state index in [1.165, 1.54) is 0 Å². The van der Waals surface area contributed by atoms with Crippen LogP contribution in [0.5, 0.6) is 0 Å². The largest absolute Gasteiger partial charge is 0.350 e. The van der Waals surface area contributed by atoms with E-state index in [2.05, 4.69) is 10.2 Å². The van der Waals surface area contributed by atoms with E-state index < -0.39 is 9.84 Å². The highest BCUT2D eigenvalue weighted by atomic mass is 32.2. The molecular formula is C18H31N3O4S. The summed E-state index contributed by atoms with van der Waals surface area (Å²) in [6, 6.07) is -0.430. The number of piperidine rings is 1. The van der Waals surface area contributed by atoms with Gasteiger partial charge in [-0.1, -0.05) is 6.92 Å². The van der Waals surface area contributed by atoms with Gasteiger partial charge < -0.3 is 10.2 Å². The topological polar surface area (TPSA) is 86.8 Å². The number of carbonyl (C=O) groups excluding carboxylic acids is 2. The summed E-state index contributed by atoms with van der Waals surface area (Å²) >= 11 is 0. The Balaban J connectivity index is 1.61. The zero-order chi connectivity index (χ0) is 18.7. The molecule has 3 aliphatic rings. The first-order chi connectivity index (χ1) is 12.4. The molecule has 8 heteroatoms. The van der Waals surface area contributed by atoms with Crippen LogP contribution in [0.2, 0.25) is 0 Å². The molecule has 0 aromatic carbocycles. The zero-order valence-electron chi connectivity index (χ0n) is 15.7. The van der Waals surface area contributed by atoms with Crippen LogP contribution in [0.15, 0.2) is 0 Å². The number of nitrogens with one attached hydrogen (secondary N) is 1. The van der Waals surface area contributed by atoms with Gasteiger partial charge in [-0.25, -0.2) is 8.42 Å². The lowest BCUT2D eigenvalue weighted by atomic mass is 9.96. The standard InChI is InChI=1S/C18H31N3O4S/c1-2-6-17(22)21-10-5-7-14(11-21)18(23)19-15-12-26(24,25)13-16(15)20-8-3-4-9-20/h14-16H,2-13H2,1H3,(H,19,23). The number of amides is 2. The predicted octanol–water partition coefficient (Wildman–Crippen LogP) is 0.403. The molecule has 26 heavy (non-hydrogen) atoms. The summed E-state index contributed by atoms with van der Waals surface area (Å²) in [5, 5.41) is 3.02. The van der Waals surface area contributed by atoms with Crippen molar-refractivity contribution in [3.05, 3.63) is 0 Å². The van der Waals surface area contributed by atoms with Gasteiger partial charge in [-0.15, -0.1) is 0 Å². The number of likely N-dealkylation sites (tertiary alicyclic amines) is 2. The quantitative estimate of drug-likeness (QED) is 0.740. The van der Waals surface area contributed by atoms with E-state index in [9.17, 15) is 18.0 Å². The summed E-state index contributed by atoms with van der Waals surface area (Å²) in [5.74, 6) is -0.0322. The lowest BCUT2D eigenvalue weighted by Crippen LogP contribution is -2.53. The van der Waals surface area contributed by atoms with Crippen molar-refractivity contribution < 1.29 is 18.0 Å². The van der Waals surface area contributed by atoms with Crippen LogP contribution in [0.3, 0.4) is 0 Å². The molecule has 148 valence electrons. The fourth-order valence-corrected chi connectivity index (χ4v) is 6.44. The van der Waals surface area contributed by atoms with Crippen LogP contribution in [0.1, 0.15) is 45.4 Å². The van der Waals surface area contributed by atoms with Gasteiger partial charge in [0, 0.05) is 25.6 Å². The summed E-state index contributed by atoms with van der Waals surface area (Å²) < 4.78 is 24.3. The second kappa shape index (κ2) is 8.25. The molecule has 3 fully saturated rings. The molecule has 3 unspecified atom stereocenters. The number of nitrogens with zero attached hydrogens (tertiary/aromatic N) is 2. The Morgan fingerprint density at radius 2 is 1.81 bits per heavy atom. The van der Waals surface area contributed by atoms with E-state index in [4.69, 9.17) is 0 Å². The van der Waals surface area contributed by atoms with Crippen molar-refractivity contribution in [1.82, 2.24) is 15.1 Å². The monoisotopic (exact) mass is 385 g/mol. The van der Waals surface area contributed by atoms with Gasteiger partial charge in [-0.05, 0) is 45.2 Å². The van der Waals surface area contributed by atoms with Gasteiger partial charge in [-0.2, -0.15) is 0 Å². The Hall–Kier alpha value is -1.15. The van der Waals surface area contributed by atoms with Crippen molar-refractivity contribution in [3.8, 4) is 0 Å². The van der Waals surface area contributed by atoms with Crippen LogP contribution in [0, 0.1) is 5.92 Å². The zero-order valence-corrected chi connectivity index (χ0v) is 16.5. The molecule has 3 saturated heterocycles. The third kappa shape index (κ3) is 4.57. The van der Waals surface area contributed by atoms with Crippen LogP contribution in [-0.2, 0) is 19.4 Å². The van der Waals surface area contributed by atoms with Gasteiger partial charge in [-0.3, -0.25) is 14.5 Å². The maximum atomic E-state index is 12.8. The van der Waals surface area contributed by atoms with Gasteiger partial charge in [0.25, 0.3) is 0 Å². The van der Waals surface area contributed by atoms with E-state index in [1.807, 2.05) is 6.92 Å². The van der Waals surface area contributed by atoms with Gasteiger partial charge >= 0.3 is 0 Å². The van der Waals surface area contributed by atoms with E-state index in [1.54, 1.807) is 4.90 Å². The fourth-order valence-electron chi connectivity index (χ4n) is 4.49. The third-order valence-corrected chi connectivity index (χ3v) is 7.59. The van der Waals surface area contributed by atoms with Gasteiger partial charge in [0.2, 0.25) is 11.8 Å². The molecule has 0 aromatic rings. The summed E-state index contributed by atoms with van der Waals surface area (Å²) in [6.45, 7) is 4.98. The average Bonchev–Trinajstić information content (AvgIpc) is 3.22. The van der Waals surface area contributed by atoms with Crippen LogP contribution >= 0.6 is 0 Å². The Morgan fingerprint density at radius 3 is 2.50 bits per heavy atom. The van der Waals surface area contributed by atoms with Crippen molar-refractivity contribution >= 4 is 21.7 Å². The first-order valence-electron chi connectivity index (χ1n) is 9.92. The van der Waals surface area contributed by atoms with Crippen LogP contribution in [0.4, 0.5) is 0 Å². The molecule has 7 nitrogen and oxygen atoms in total.